The first kappa shape index (κ1) is 12.1. The molecule has 1 fully saturated rings. The molecule has 6 nitrogen and oxygen atoms in total. The average Bonchev–Trinajstić information content (AvgIpc) is 2.25. The molecule has 1 heterocycles. The maximum Gasteiger partial charge on any atom is 0.328 e. The van der Waals surface area contributed by atoms with Crippen LogP contribution in [0, 0.1) is 18.8 Å². The van der Waals surface area contributed by atoms with Crippen molar-refractivity contribution in [1.82, 2.24) is 9.55 Å². The first-order chi connectivity index (χ1) is 8.08. The van der Waals surface area contributed by atoms with E-state index in [4.69, 9.17) is 5.11 Å². The molecule has 1 aliphatic rings. The standard InChI is InChI=1S/C11H16N2O4/c1-6-3-13(11(17)12-10(6)16)9-2-7(4-14)8(9)5-15/h3,7-9,14-15H,2,4-5H2,1H3,(H,12,16,17)/t7-,8?,9?/m0/s1. The number of hydrogen-bond acceptors (Lipinski definition) is 4. The van der Waals surface area contributed by atoms with E-state index in [0.29, 0.717) is 12.0 Å². The molecule has 6 heteroatoms. The number of aryl methyl sites for hydroxylation is 1. The Bertz CT molecular complexity index is 519. The molecular formula is C11H16N2O4. The highest BCUT2D eigenvalue weighted by Gasteiger charge is 2.41. The number of aliphatic hydroxyl groups excluding tert-OH is 2. The summed E-state index contributed by atoms with van der Waals surface area (Å²) in [5, 5.41) is 18.3. The Hall–Kier alpha value is -1.40. The lowest BCUT2D eigenvalue weighted by Crippen LogP contribution is -2.47. The summed E-state index contributed by atoms with van der Waals surface area (Å²) in [7, 11) is 0. The summed E-state index contributed by atoms with van der Waals surface area (Å²) >= 11 is 0. The summed E-state index contributed by atoms with van der Waals surface area (Å²) in [4.78, 5) is 25.1. The van der Waals surface area contributed by atoms with E-state index in [1.807, 2.05) is 0 Å². The van der Waals surface area contributed by atoms with Crippen molar-refractivity contribution < 1.29 is 10.2 Å². The van der Waals surface area contributed by atoms with Crippen LogP contribution in [0.5, 0.6) is 0 Å². The average molecular weight is 240 g/mol. The number of rotatable bonds is 3. The van der Waals surface area contributed by atoms with E-state index < -0.39 is 5.69 Å². The van der Waals surface area contributed by atoms with Gasteiger partial charge < -0.3 is 10.2 Å². The number of hydrogen-bond donors (Lipinski definition) is 3. The van der Waals surface area contributed by atoms with Gasteiger partial charge in [-0.15, -0.1) is 0 Å². The lowest BCUT2D eigenvalue weighted by molar-refractivity contribution is -0.00881. The van der Waals surface area contributed by atoms with Crippen molar-refractivity contribution in [2.45, 2.75) is 19.4 Å². The largest absolute Gasteiger partial charge is 0.396 e. The van der Waals surface area contributed by atoms with Gasteiger partial charge in [0.2, 0.25) is 0 Å². The normalized spacial score (nSPS) is 27.8. The molecule has 0 spiro atoms. The molecule has 0 radical (unpaired) electrons. The van der Waals surface area contributed by atoms with Crippen LogP contribution in [0.2, 0.25) is 0 Å². The molecule has 0 bridgehead atoms. The third-order valence-corrected chi connectivity index (χ3v) is 3.59. The van der Waals surface area contributed by atoms with E-state index in [0.717, 1.165) is 0 Å². The second kappa shape index (κ2) is 4.46. The zero-order chi connectivity index (χ0) is 12.6. The lowest BCUT2D eigenvalue weighted by Gasteiger charge is -2.43. The van der Waals surface area contributed by atoms with E-state index in [1.165, 1.54) is 10.8 Å². The molecule has 0 saturated heterocycles. The predicted octanol–water partition coefficient (Wildman–Crippen LogP) is -0.993. The third-order valence-electron chi connectivity index (χ3n) is 3.59. The second-order valence-electron chi connectivity index (χ2n) is 4.57. The minimum atomic E-state index is -0.458. The number of H-pyrrole nitrogens is 1. The number of nitrogens with zero attached hydrogens (tertiary/aromatic N) is 1. The van der Waals surface area contributed by atoms with E-state index in [-0.39, 0.29) is 36.7 Å². The summed E-state index contributed by atoms with van der Waals surface area (Å²) < 4.78 is 1.45. The van der Waals surface area contributed by atoms with Crippen molar-refractivity contribution in [3.05, 3.63) is 32.6 Å². The summed E-state index contributed by atoms with van der Waals surface area (Å²) in [5.74, 6) is -0.0906. The summed E-state index contributed by atoms with van der Waals surface area (Å²) in [6.07, 6.45) is 2.16. The summed E-state index contributed by atoms with van der Waals surface area (Å²) in [6, 6.07) is -0.139. The van der Waals surface area contributed by atoms with E-state index in [9.17, 15) is 14.7 Å². The highest BCUT2D eigenvalue weighted by Crippen LogP contribution is 2.42. The zero-order valence-electron chi connectivity index (χ0n) is 9.59. The summed E-state index contributed by atoms with van der Waals surface area (Å²) in [5.41, 5.74) is -0.376. The van der Waals surface area contributed by atoms with Gasteiger partial charge >= 0.3 is 5.69 Å². The van der Waals surface area contributed by atoms with Gasteiger partial charge in [-0.25, -0.2) is 4.79 Å². The molecule has 1 aliphatic carbocycles. The van der Waals surface area contributed by atoms with E-state index in [1.54, 1.807) is 6.92 Å². The van der Waals surface area contributed by atoms with Crippen LogP contribution in [0.4, 0.5) is 0 Å². The van der Waals surface area contributed by atoms with E-state index >= 15 is 0 Å². The van der Waals surface area contributed by atoms with Crippen LogP contribution < -0.4 is 11.2 Å². The van der Waals surface area contributed by atoms with Gasteiger partial charge in [-0.05, 0) is 19.3 Å². The van der Waals surface area contributed by atoms with Gasteiger partial charge in [-0.3, -0.25) is 14.3 Å². The van der Waals surface area contributed by atoms with E-state index in [2.05, 4.69) is 4.98 Å². The molecule has 3 atom stereocenters. The molecule has 3 N–H and O–H groups in total. The van der Waals surface area contributed by atoms with Gasteiger partial charge in [0.1, 0.15) is 0 Å². The summed E-state index contributed by atoms with van der Waals surface area (Å²) in [6.45, 7) is 1.57. The zero-order valence-corrected chi connectivity index (χ0v) is 9.59. The first-order valence-corrected chi connectivity index (χ1v) is 5.62. The molecule has 0 aliphatic heterocycles. The minimum absolute atomic E-state index is 0.0127. The highest BCUT2D eigenvalue weighted by molar-refractivity contribution is 5.04. The van der Waals surface area contributed by atoms with Crippen molar-refractivity contribution >= 4 is 0 Å². The molecule has 0 aromatic carbocycles. The van der Waals surface area contributed by atoms with Gasteiger partial charge in [-0.1, -0.05) is 0 Å². The van der Waals surface area contributed by atoms with Gasteiger partial charge in [0.25, 0.3) is 5.56 Å². The fraction of sp³-hybridized carbons (Fsp3) is 0.636. The minimum Gasteiger partial charge on any atom is -0.396 e. The monoisotopic (exact) mass is 240 g/mol. The molecule has 1 saturated carbocycles. The van der Waals surface area contributed by atoms with Crippen molar-refractivity contribution in [1.29, 1.82) is 0 Å². The number of aromatic amines is 1. The Kier molecular flexibility index (Phi) is 3.17. The van der Waals surface area contributed by atoms with Gasteiger partial charge in [0.15, 0.2) is 0 Å². The van der Waals surface area contributed by atoms with Gasteiger partial charge in [-0.2, -0.15) is 0 Å². The SMILES string of the molecule is Cc1cn(C2C[C@@H](CO)C2CO)c(=O)[nH]c1=O. The fourth-order valence-corrected chi connectivity index (χ4v) is 2.41. The number of aromatic nitrogens is 2. The van der Waals surface area contributed by atoms with Crippen molar-refractivity contribution in [2.75, 3.05) is 13.2 Å². The molecule has 0 amide bonds. The second-order valence-corrected chi connectivity index (χ2v) is 4.57. The maximum absolute atomic E-state index is 11.6. The van der Waals surface area contributed by atoms with Crippen LogP contribution in [-0.2, 0) is 0 Å². The number of nitrogens with one attached hydrogen (secondary N) is 1. The first-order valence-electron chi connectivity index (χ1n) is 5.62. The Balaban J connectivity index is 2.33. The van der Waals surface area contributed by atoms with Crippen LogP contribution in [0.3, 0.4) is 0 Å². The molecule has 94 valence electrons. The van der Waals surface area contributed by atoms with Crippen LogP contribution in [0.15, 0.2) is 15.8 Å². The lowest BCUT2D eigenvalue weighted by atomic mass is 9.70. The van der Waals surface area contributed by atoms with Crippen LogP contribution in [-0.4, -0.2) is 33.0 Å². The van der Waals surface area contributed by atoms with Crippen molar-refractivity contribution in [2.24, 2.45) is 11.8 Å². The van der Waals surface area contributed by atoms with Gasteiger partial charge in [0.05, 0.1) is 0 Å². The molecule has 1 aromatic heterocycles. The Morgan fingerprint density at radius 1 is 1.41 bits per heavy atom. The Morgan fingerprint density at radius 3 is 2.71 bits per heavy atom. The van der Waals surface area contributed by atoms with Crippen molar-refractivity contribution in [3.8, 4) is 0 Å². The van der Waals surface area contributed by atoms with Crippen molar-refractivity contribution in [3.63, 3.8) is 0 Å². The van der Waals surface area contributed by atoms with Crippen LogP contribution >= 0.6 is 0 Å². The molecule has 2 rings (SSSR count). The quantitative estimate of drug-likeness (QED) is 0.632. The fourth-order valence-electron chi connectivity index (χ4n) is 2.41. The molecular weight excluding hydrogens is 224 g/mol. The van der Waals surface area contributed by atoms with Gasteiger partial charge in [0, 0.05) is 36.9 Å². The van der Waals surface area contributed by atoms with Crippen LogP contribution in [0.25, 0.3) is 0 Å². The molecule has 2 unspecified atom stereocenters. The Morgan fingerprint density at radius 2 is 2.12 bits per heavy atom. The predicted molar refractivity (Wildman–Crippen MR) is 60.9 cm³/mol. The third kappa shape index (κ3) is 1.94. The smallest absolute Gasteiger partial charge is 0.328 e. The number of aliphatic hydroxyl groups is 2. The molecule has 17 heavy (non-hydrogen) atoms. The maximum atomic E-state index is 11.6. The molecule has 1 aromatic rings. The highest BCUT2D eigenvalue weighted by atomic mass is 16.3. The van der Waals surface area contributed by atoms with Crippen LogP contribution in [0.1, 0.15) is 18.0 Å². The topological polar surface area (TPSA) is 95.3 Å². The Labute approximate surface area is 97.5 Å².